The molecule has 2 heteroatoms. The van der Waals surface area contributed by atoms with E-state index in [0.29, 0.717) is 13.2 Å². The normalized spacial score (nSPS) is 11.7. The molecular formula is C13H26O2. The highest BCUT2D eigenvalue weighted by atomic mass is 16.7. The lowest BCUT2D eigenvalue weighted by Crippen LogP contribution is -2.16. The Morgan fingerprint density at radius 1 is 0.933 bits per heavy atom. The van der Waals surface area contributed by atoms with Gasteiger partial charge in [-0.2, -0.15) is 0 Å². The second kappa shape index (κ2) is 11.7. The van der Waals surface area contributed by atoms with Crippen molar-refractivity contribution in [3.8, 4) is 0 Å². The van der Waals surface area contributed by atoms with Crippen LogP contribution in [-0.2, 0) is 9.47 Å². The van der Waals surface area contributed by atoms with E-state index in [2.05, 4.69) is 19.1 Å². The molecule has 0 aliphatic rings. The van der Waals surface area contributed by atoms with Gasteiger partial charge in [-0.25, -0.2) is 0 Å². The Kier molecular flexibility index (Phi) is 11.5. The van der Waals surface area contributed by atoms with Crippen molar-refractivity contribution >= 4 is 0 Å². The van der Waals surface area contributed by atoms with Gasteiger partial charge in [0.15, 0.2) is 6.29 Å². The molecule has 0 amide bonds. The predicted octanol–water partition coefficient (Wildman–Crippen LogP) is 3.91. The molecule has 0 aromatic heterocycles. The topological polar surface area (TPSA) is 18.5 Å². The third-order valence-corrected chi connectivity index (χ3v) is 2.17. The van der Waals surface area contributed by atoms with E-state index < -0.39 is 0 Å². The van der Waals surface area contributed by atoms with Crippen molar-refractivity contribution in [1.29, 1.82) is 0 Å². The van der Waals surface area contributed by atoms with Crippen LogP contribution in [-0.4, -0.2) is 19.5 Å². The first-order valence-corrected chi connectivity index (χ1v) is 6.23. The molecule has 0 aliphatic carbocycles. The van der Waals surface area contributed by atoms with Crippen LogP contribution in [0, 0.1) is 0 Å². The van der Waals surface area contributed by atoms with Gasteiger partial charge in [0.25, 0.3) is 0 Å². The first-order valence-electron chi connectivity index (χ1n) is 6.23. The zero-order valence-electron chi connectivity index (χ0n) is 10.5. The summed E-state index contributed by atoms with van der Waals surface area (Å²) in [4.78, 5) is 0. The van der Waals surface area contributed by atoms with Crippen LogP contribution in [0.3, 0.4) is 0 Å². The van der Waals surface area contributed by atoms with Crippen molar-refractivity contribution in [2.24, 2.45) is 0 Å². The lowest BCUT2D eigenvalue weighted by atomic mass is 10.2. The van der Waals surface area contributed by atoms with E-state index in [-0.39, 0.29) is 6.29 Å². The fraction of sp³-hybridized carbons (Fsp3) is 0.846. The number of hydrogen-bond acceptors (Lipinski definition) is 2. The maximum absolute atomic E-state index is 5.44. The number of unbranched alkanes of at least 4 members (excludes halogenated alkanes) is 3. The van der Waals surface area contributed by atoms with Gasteiger partial charge in [-0.05, 0) is 26.7 Å². The Morgan fingerprint density at radius 3 is 2.13 bits per heavy atom. The monoisotopic (exact) mass is 214 g/mol. The molecular weight excluding hydrogens is 188 g/mol. The highest BCUT2D eigenvalue weighted by Gasteiger charge is 2.03. The Balaban J connectivity index is 3.49. The molecule has 0 radical (unpaired) electrons. The molecule has 0 spiro atoms. The molecule has 0 bridgehead atoms. The van der Waals surface area contributed by atoms with E-state index in [1.54, 1.807) is 0 Å². The molecule has 0 aliphatic heterocycles. The van der Waals surface area contributed by atoms with Crippen LogP contribution in [0.15, 0.2) is 12.2 Å². The molecule has 0 N–H and O–H groups in total. The van der Waals surface area contributed by atoms with Crippen LogP contribution in [0.4, 0.5) is 0 Å². The third-order valence-electron chi connectivity index (χ3n) is 2.17. The maximum atomic E-state index is 5.44. The molecule has 2 nitrogen and oxygen atoms in total. The summed E-state index contributed by atoms with van der Waals surface area (Å²) < 4.78 is 10.9. The van der Waals surface area contributed by atoms with Crippen LogP contribution < -0.4 is 0 Å². The SMILES string of the molecule is CCCCCC=CCC(OCC)OCC. The smallest absolute Gasteiger partial charge is 0.160 e. The Labute approximate surface area is 94.7 Å². The Bertz CT molecular complexity index is 137. The average molecular weight is 214 g/mol. The van der Waals surface area contributed by atoms with Crippen molar-refractivity contribution in [3.63, 3.8) is 0 Å². The molecule has 0 heterocycles. The maximum Gasteiger partial charge on any atom is 0.160 e. The highest BCUT2D eigenvalue weighted by Crippen LogP contribution is 2.04. The molecule has 0 unspecified atom stereocenters. The quantitative estimate of drug-likeness (QED) is 0.312. The molecule has 0 saturated heterocycles. The Morgan fingerprint density at radius 2 is 1.60 bits per heavy atom. The fourth-order valence-corrected chi connectivity index (χ4v) is 1.39. The van der Waals surface area contributed by atoms with E-state index in [1.807, 2.05) is 13.8 Å². The van der Waals surface area contributed by atoms with E-state index in [0.717, 1.165) is 6.42 Å². The molecule has 0 aromatic rings. The summed E-state index contributed by atoms with van der Waals surface area (Å²) in [5.74, 6) is 0. The van der Waals surface area contributed by atoms with Gasteiger partial charge in [-0.1, -0.05) is 31.9 Å². The van der Waals surface area contributed by atoms with Gasteiger partial charge in [-0.3, -0.25) is 0 Å². The van der Waals surface area contributed by atoms with Crippen molar-refractivity contribution in [3.05, 3.63) is 12.2 Å². The second-order valence-electron chi connectivity index (χ2n) is 3.54. The highest BCUT2D eigenvalue weighted by molar-refractivity contribution is 4.82. The zero-order valence-corrected chi connectivity index (χ0v) is 10.5. The van der Waals surface area contributed by atoms with Crippen LogP contribution in [0.2, 0.25) is 0 Å². The van der Waals surface area contributed by atoms with Gasteiger partial charge in [0, 0.05) is 19.6 Å². The van der Waals surface area contributed by atoms with Crippen molar-refractivity contribution in [1.82, 2.24) is 0 Å². The largest absolute Gasteiger partial charge is 0.353 e. The van der Waals surface area contributed by atoms with Gasteiger partial charge in [0.05, 0.1) is 0 Å². The fourth-order valence-electron chi connectivity index (χ4n) is 1.39. The second-order valence-corrected chi connectivity index (χ2v) is 3.54. The van der Waals surface area contributed by atoms with E-state index in [9.17, 15) is 0 Å². The van der Waals surface area contributed by atoms with Crippen LogP contribution >= 0.6 is 0 Å². The van der Waals surface area contributed by atoms with E-state index in [1.165, 1.54) is 25.7 Å². The number of allylic oxidation sites excluding steroid dienone is 1. The number of hydrogen-bond donors (Lipinski definition) is 0. The summed E-state index contributed by atoms with van der Waals surface area (Å²) in [5, 5.41) is 0. The first kappa shape index (κ1) is 14.7. The minimum atomic E-state index is -0.0533. The summed E-state index contributed by atoms with van der Waals surface area (Å²) >= 11 is 0. The van der Waals surface area contributed by atoms with Gasteiger partial charge >= 0.3 is 0 Å². The van der Waals surface area contributed by atoms with E-state index in [4.69, 9.17) is 9.47 Å². The molecule has 0 saturated carbocycles. The van der Waals surface area contributed by atoms with E-state index >= 15 is 0 Å². The number of rotatable bonds is 10. The molecule has 15 heavy (non-hydrogen) atoms. The number of ether oxygens (including phenoxy) is 2. The standard InChI is InChI=1S/C13H26O2/c1-4-7-8-9-10-11-12-13(14-5-2)15-6-3/h10-11,13H,4-9,12H2,1-3H3. The van der Waals surface area contributed by atoms with Crippen molar-refractivity contribution < 1.29 is 9.47 Å². The van der Waals surface area contributed by atoms with Gasteiger partial charge in [-0.15, -0.1) is 0 Å². The average Bonchev–Trinajstić information content (AvgIpc) is 2.24. The summed E-state index contributed by atoms with van der Waals surface area (Å²) in [6, 6.07) is 0. The third kappa shape index (κ3) is 9.95. The minimum Gasteiger partial charge on any atom is -0.353 e. The predicted molar refractivity (Wildman–Crippen MR) is 64.9 cm³/mol. The van der Waals surface area contributed by atoms with Crippen LogP contribution in [0.25, 0.3) is 0 Å². The molecule has 0 atom stereocenters. The van der Waals surface area contributed by atoms with Gasteiger partial charge < -0.3 is 9.47 Å². The summed E-state index contributed by atoms with van der Waals surface area (Å²) in [6.45, 7) is 7.65. The van der Waals surface area contributed by atoms with Crippen LogP contribution in [0.1, 0.15) is 52.9 Å². The molecule has 0 fully saturated rings. The summed E-state index contributed by atoms with van der Waals surface area (Å²) in [5.41, 5.74) is 0. The van der Waals surface area contributed by atoms with Gasteiger partial charge in [0.1, 0.15) is 0 Å². The summed E-state index contributed by atoms with van der Waals surface area (Å²) in [6.07, 6.45) is 10.3. The Hall–Kier alpha value is -0.340. The van der Waals surface area contributed by atoms with Crippen molar-refractivity contribution in [2.75, 3.05) is 13.2 Å². The lowest BCUT2D eigenvalue weighted by molar-refractivity contribution is -0.133. The minimum absolute atomic E-state index is 0.0533. The zero-order chi connectivity index (χ0) is 11.4. The van der Waals surface area contributed by atoms with Gasteiger partial charge in [0.2, 0.25) is 0 Å². The molecule has 0 aromatic carbocycles. The van der Waals surface area contributed by atoms with Crippen LogP contribution in [0.5, 0.6) is 0 Å². The van der Waals surface area contributed by atoms with Crippen molar-refractivity contribution in [2.45, 2.75) is 59.2 Å². The molecule has 90 valence electrons. The molecule has 0 rings (SSSR count). The first-order chi connectivity index (χ1) is 7.35. The summed E-state index contributed by atoms with van der Waals surface area (Å²) in [7, 11) is 0. The lowest BCUT2D eigenvalue weighted by Gasteiger charge is -2.14.